The molecule has 3 heterocycles. The van der Waals surface area contributed by atoms with Gasteiger partial charge in [-0.1, -0.05) is 34.4 Å². The van der Waals surface area contributed by atoms with Gasteiger partial charge in [-0.2, -0.15) is 0 Å². The molecule has 30 heavy (non-hydrogen) atoms. The van der Waals surface area contributed by atoms with Gasteiger partial charge in [-0.05, 0) is 32.9 Å². The van der Waals surface area contributed by atoms with Gasteiger partial charge in [-0.3, -0.25) is 9.59 Å². The van der Waals surface area contributed by atoms with Crippen molar-refractivity contribution in [2.24, 2.45) is 0 Å². The number of carboxylic acids is 1. The Morgan fingerprint density at radius 2 is 1.93 bits per heavy atom. The van der Waals surface area contributed by atoms with E-state index in [1.165, 1.54) is 16.7 Å². The van der Waals surface area contributed by atoms with Crippen molar-refractivity contribution >= 4 is 52.7 Å². The smallest absolute Gasteiger partial charge is 0.327 e. The molecule has 2 N–H and O–H groups in total. The van der Waals surface area contributed by atoms with E-state index < -0.39 is 40.0 Å². The van der Waals surface area contributed by atoms with Gasteiger partial charge in [0.2, 0.25) is 5.91 Å². The van der Waals surface area contributed by atoms with Crippen LogP contribution in [0.15, 0.2) is 22.7 Å². The lowest BCUT2D eigenvalue weighted by molar-refractivity contribution is -0.159. The molecule has 2 aliphatic heterocycles. The third-order valence-corrected chi connectivity index (χ3v) is 7.45. The van der Waals surface area contributed by atoms with Crippen molar-refractivity contribution < 1.29 is 24.0 Å². The number of nitrogens with one attached hydrogen (secondary N) is 1. The van der Waals surface area contributed by atoms with E-state index in [9.17, 15) is 19.5 Å². The second kappa shape index (κ2) is 7.18. The molecule has 1 unspecified atom stereocenters. The number of carbonyl (C=O) groups excluding carboxylic acids is 2. The number of carbonyl (C=O) groups is 3. The van der Waals surface area contributed by atoms with Crippen molar-refractivity contribution in [3.8, 4) is 11.3 Å². The summed E-state index contributed by atoms with van der Waals surface area (Å²) >= 11 is 13.8. The predicted octanol–water partition coefficient (Wildman–Crippen LogP) is 3.20. The van der Waals surface area contributed by atoms with E-state index in [1.807, 2.05) is 0 Å². The Morgan fingerprint density at radius 3 is 2.53 bits per heavy atom. The van der Waals surface area contributed by atoms with Crippen molar-refractivity contribution in [3.63, 3.8) is 0 Å². The van der Waals surface area contributed by atoms with Crippen LogP contribution in [0.3, 0.4) is 0 Å². The van der Waals surface area contributed by atoms with Gasteiger partial charge in [0.05, 0.1) is 10.0 Å². The van der Waals surface area contributed by atoms with Gasteiger partial charge in [-0.15, -0.1) is 11.8 Å². The molecule has 0 aliphatic carbocycles. The molecule has 2 aliphatic rings. The molecule has 2 saturated heterocycles. The van der Waals surface area contributed by atoms with E-state index in [-0.39, 0.29) is 17.0 Å². The number of thioether (sulfide) groups is 1. The normalized spacial score (nSPS) is 24.4. The van der Waals surface area contributed by atoms with Gasteiger partial charge in [0, 0.05) is 10.3 Å². The van der Waals surface area contributed by atoms with Gasteiger partial charge >= 0.3 is 5.97 Å². The van der Waals surface area contributed by atoms with Gasteiger partial charge in [0.15, 0.2) is 0 Å². The number of β-lactam (4-membered cyclic amide) rings is 1. The van der Waals surface area contributed by atoms with Crippen LogP contribution >= 0.6 is 35.0 Å². The number of halogens is 2. The summed E-state index contributed by atoms with van der Waals surface area (Å²) in [6, 6.07) is 3.09. The second-order valence-corrected chi connectivity index (χ2v) is 10.2. The molecule has 1 aromatic heterocycles. The number of fused-ring (bicyclic) bond motifs is 1. The number of hydrogen-bond acceptors (Lipinski definition) is 6. The number of aliphatic carboxylic acids is 1. The Morgan fingerprint density at radius 1 is 1.30 bits per heavy atom. The molecule has 0 bridgehead atoms. The number of aromatic nitrogens is 1. The SMILES string of the molecule is Cc1onc(-c2c(Cl)cccc2Cl)c1C(=O)N[C@@H]1C(=O)N2C(C(=O)O)C(C)(C)S[C@H]12. The quantitative estimate of drug-likeness (QED) is 0.660. The first-order chi connectivity index (χ1) is 14.0. The van der Waals surface area contributed by atoms with E-state index >= 15 is 0 Å². The first-order valence-corrected chi connectivity index (χ1v) is 10.6. The Hall–Kier alpha value is -2.23. The van der Waals surface area contributed by atoms with Crippen molar-refractivity contribution in [2.75, 3.05) is 0 Å². The monoisotopic (exact) mass is 469 g/mol. The van der Waals surface area contributed by atoms with Crippen LogP contribution in [0.5, 0.6) is 0 Å². The zero-order chi connectivity index (χ0) is 22.0. The van der Waals surface area contributed by atoms with Gasteiger partial charge in [0.1, 0.15) is 34.5 Å². The third kappa shape index (κ3) is 3.07. The van der Waals surface area contributed by atoms with Crippen molar-refractivity contribution in [2.45, 2.75) is 43.0 Å². The van der Waals surface area contributed by atoms with E-state index in [4.69, 9.17) is 27.7 Å². The van der Waals surface area contributed by atoms with Gasteiger partial charge in [-0.25, -0.2) is 4.79 Å². The molecule has 0 saturated carbocycles. The number of benzene rings is 1. The average molecular weight is 470 g/mol. The van der Waals surface area contributed by atoms with Crippen LogP contribution in [0, 0.1) is 6.92 Å². The fraction of sp³-hybridized carbons (Fsp3) is 0.368. The lowest BCUT2D eigenvalue weighted by Crippen LogP contribution is -2.70. The minimum absolute atomic E-state index is 0.119. The van der Waals surface area contributed by atoms with Crippen molar-refractivity contribution in [1.82, 2.24) is 15.4 Å². The van der Waals surface area contributed by atoms with Crippen molar-refractivity contribution in [3.05, 3.63) is 39.6 Å². The summed E-state index contributed by atoms with van der Waals surface area (Å²) in [6.45, 7) is 5.10. The first-order valence-electron chi connectivity index (χ1n) is 8.99. The van der Waals surface area contributed by atoms with Crippen LogP contribution < -0.4 is 5.32 Å². The summed E-state index contributed by atoms with van der Waals surface area (Å²) in [7, 11) is 0. The molecule has 2 fully saturated rings. The number of aryl methyl sites for hydroxylation is 1. The predicted molar refractivity (Wildman–Crippen MR) is 112 cm³/mol. The molecule has 11 heteroatoms. The molecule has 0 radical (unpaired) electrons. The summed E-state index contributed by atoms with van der Waals surface area (Å²) in [5.41, 5.74) is 0.645. The third-order valence-electron chi connectivity index (χ3n) is 5.25. The van der Waals surface area contributed by atoms with E-state index in [2.05, 4.69) is 10.5 Å². The lowest BCUT2D eigenvalue weighted by atomic mass is 9.95. The highest BCUT2D eigenvalue weighted by molar-refractivity contribution is 8.01. The molecule has 1 aromatic carbocycles. The molecular weight excluding hydrogens is 453 g/mol. The fourth-order valence-electron chi connectivity index (χ4n) is 3.89. The minimum atomic E-state index is -1.07. The summed E-state index contributed by atoms with van der Waals surface area (Å²) < 4.78 is 4.52. The lowest BCUT2D eigenvalue weighted by Gasteiger charge is -2.43. The largest absolute Gasteiger partial charge is 0.480 e. The zero-order valence-electron chi connectivity index (χ0n) is 16.1. The fourth-order valence-corrected chi connectivity index (χ4v) is 6.09. The number of amides is 2. The zero-order valence-corrected chi connectivity index (χ0v) is 18.4. The van der Waals surface area contributed by atoms with Crippen molar-refractivity contribution in [1.29, 1.82) is 0 Å². The highest BCUT2D eigenvalue weighted by Gasteiger charge is 2.64. The van der Waals surface area contributed by atoms with Crippen LogP contribution in [0.1, 0.15) is 30.0 Å². The van der Waals surface area contributed by atoms with Crippen LogP contribution in [0.4, 0.5) is 0 Å². The molecule has 8 nitrogen and oxygen atoms in total. The molecule has 0 spiro atoms. The number of hydrogen-bond donors (Lipinski definition) is 2. The topological polar surface area (TPSA) is 113 Å². The number of carboxylic acid groups (broad SMARTS) is 1. The van der Waals surface area contributed by atoms with E-state index in [1.54, 1.807) is 39.0 Å². The summed E-state index contributed by atoms with van der Waals surface area (Å²) in [5.74, 6) is -1.84. The maximum Gasteiger partial charge on any atom is 0.327 e. The maximum absolute atomic E-state index is 13.1. The van der Waals surface area contributed by atoms with Crippen LogP contribution in [0.25, 0.3) is 11.3 Å². The highest BCUT2D eigenvalue weighted by Crippen LogP contribution is 2.51. The molecule has 2 amide bonds. The Labute approximate surface area is 185 Å². The summed E-state index contributed by atoms with van der Waals surface area (Å²) in [5, 5.41) is 16.3. The average Bonchev–Trinajstić information content (AvgIpc) is 3.14. The van der Waals surface area contributed by atoms with Crippen LogP contribution in [-0.4, -0.2) is 55.2 Å². The van der Waals surface area contributed by atoms with Crippen LogP contribution in [-0.2, 0) is 9.59 Å². The van der Waals surface area contributed by atoms with E-state index in [0.717, 1.165) is 0 Å². The Bertz CT molecular complexity index is 1070. The summed E-state index contributed by atoms with van der Waals surface area (Å²) in [4.78, 5) is 38.7. The summed E-state index contributed by atoms with van der Waals surface area (Å²) in [6.07, 6.45) is 0. The minimum Gasteiger partial charge on any atom is -0.480 e. The molecule has 158 valence electrons. The molecular formula is C19H17Cl2N3O5S. The Balaban J connectivity index is 1.62. The standard InChI is InChI=1S/C19H17Cl2N3O5S/c1-7-10(12(23-29-7)11-8(20)5-4-6-9(11)21)15(25)22-13-16(26)24-14(18(27)28)19(2,3)30-17(13)24/h4-6,13-14,17H,1-3H3,(H,22,25)(H,27,28)/t13-,14?,17-/m1/s1. The number of rotatable bonds is 4. The second-order valence-electron chi connectivity index (χ2n) is 7.61. The first kappa shape index (κ1) is 21.0. The number of nitrogens with zero attached hydrogens (tertiary/aromatic N) is 2. The van der Waals surface area contributed by atoms with E-state index in [0.29, 0.717) is 15.6 Å². The molecule has 2 aromatic rings. The molecule has 3 atom stereocenters. The maximum atomic E-state index is 13.1. The Kier molecular flexibility index (Phi) is 5.03. The van der Waals surface area contributed by atoms with Gasteiger partial charge < -0.3 is 19.8 Å². The molecule has 4 rings (SSSR count). The van der Waals surface area contributed by atoms with Crippen LogP contribution in [0.2, 0.25) is 10.0 Å². The highest BCUT2D eigenvalue weighted by atomic mass is 35.5. The van der Waals surface area contributed by atoms with Gasteiger partial charge in [0.25, 0.3) is 5.91 Å².